The third kappa shape index (κ3) is 3.58. The average Bonchev–Trinajstić information content (AvgIpc) is 2.79. The maximum absolute atomic E-state index is 13.9. The second kappa shape index (κ2) is 7.26. The normalized spacial score (nSPS) is 12.5. The molecule has 0 saturated heterocycles. The quantitative estimate of drug-likeness (QED) is 0.572. The van der Waals surface area contributed by atoms with E-state index in [2.05, 4.69) is 10.6 Å². The number of fused-ring (bicyclic) bond motifs is 2. The smallest absolute Gasteiger partial charge is 0.256 e. The summed E-state index contributed by atoms with van der Waals surface area (Å²) in [4.78, 5) is 26.2. The van der Waals surface area contributed by atoms with E-state index in [1.54, 1.807) is 12.1 Å². The molecular weight excluding hydrogens is 406 g/mol. The molecule has 4 nitrogen and oxygen atoms in total. The van der Waals surface area contributed by atoms with Gasteiger partial charge < -0.3 is 10.6 Å². The molecule has 3 aromatic carbocycles. The fraction of sp³-hybridized carbons (Fsp3) is 0. The molecule has 28 heavy (non-hydrogen) atoms. The number of carbonyl (C=O) groups is 2. The highest BCUT2D eigenvalue weighted by Crippen LogP contribution is 2.39. The van der Waals surface area contributed by atoms with Gasteiger partial charge in [-0.3, -0.25) is 9.59 Å². The van der Waals surface area contributed by atoms with Crippen LogP contribution < -0.4 is 10.6 Å². The summed E-state index contributed by atoms with van der Waals surface area (Å²) in [6, 6.07) is 12.6. The van der Waals surface area contributed by atoms with Crippen molar-refractivity contribution in [3.05, 3.63) is 82.4 Å². The number of hydrogen-bond donors (Lipinski definition) is 2. The number of nitrogens with one attached hydrogen (secondary N) is 2. The molecule has 1 heterocycles. The van der Waals surface area contributed by atoms with Gasteiger partial charge in [0, 0.05) is 20.4 Å². The highest BCUT2D eigenvalue weighted by Gasteiger charge is 2.22. The lowest BCUT2D eigenvalue weighted by atomic mass is 10.1. The van der Waals surface area contributed by atoms with Gasteiger partial charge in [0.05, 0.1) is 16.9 Å². The second-order valence-corrected chi connectivity index (χ2v) is 7.51. The first-order valence-electron chi connectivity index (χ1n) is 8.10. The summed E-state index contributed by atoms with van der Waals surface area (Å²) in [7, 11) is 0. The first-order valence-corrected chi connectivity index (χ1v) is 9.29. The predicted octanol–water partition coefficient (Wildman–Crippen LogP) is 5.59. The molecular formula is C20H11ClF2N2O2S. The summed E-state index contributed by atoms with van der Waals surface area (Å²) in [5.41, 5.74) is 0.850. The Morgan fingerprint density at radius 1 is 1.00 bits per heavy atom. The van der Waals surface area contributed by atoms with E-state index in [1.807, 2.05) is 0 Å². The average molecular weight is 417 g/mol. The number of anilines is 2. The number of rotatable bonds is 2. The lowest BCUT2D eigenvalue weighted by Gasteiger charge is -2.10. The second-order valence-electron chi connectivity index (χ2n) is 5.99. The lowest BCUT2D eigenvalue weighted by molar-refractivity contribution is 0.101. The zero-order chi connectivity index (χ0) is 19.8. The van der Waals surface area contributed by atoms with Crippen molar-refractivity contribution in [1.29, 1.82) is 0 Å². The van der Waals surface area contributed by atoms with Crippen molar-refractivity contribution in [3.8, 4) is 0 Å². The van der Waals surface area contributed by atoms with Crippen molar-refractivity contribution in [3.63, 3.8) is 0 Å². The largest absolute Gasteiger partial charge is 0.321 e. The van der Waals surface area contributed by atoms with E-state index >= 15 is 0 Å². The van der Waals surface area contributed by atoms with Crippen LogP contribution in [0.3, 0.4) is 0 Å². The van der Waals surface area contributed by atoms with Crippen molar-refractivity contribution in [2.45, 2.75) is 9.79 Å². The summed E-state index contributed by atoms with van der Waals surface area (Å²) in [5.74, 6) is -2.18. The van der Waals surface area contributed by atoms with Crippen LogP contribution >= 0.6 is 23.4 Å². The maximum atomic E-state index is 13.9. The Labute approximate surface area is 167 Å². The zero-order valence-electron chi connectivity index (χ0n) is 14.1. The summed E-state index contributed by atoms with van der Waals surface area (Å²) < 4.78 is 27.4. The highest BCUT2D eigenvalue weighted by atomic mass is 35.5. The summed E-state index contributed by atoms with van der Waals surface area (Å²) >= 11 is 7.00. The standard InChI is InChI=1S/C20H11ClF2N2O2S/c21-11-2-4-15(14(23)8-11)24-19(26)10-1-5-18-16(7-10)25-20(27)13-9-12(22)3-6-17(13)28-18/h1-9H,(H,24,26)(H,25,27). The molecule has 4 rings (SSSR count). The molecule has 0 spiro atoms. The predicted molar refractivity (Wildman–Crippen MR) is 104 cm³/mol. The Bertz CT molecular complexity index is 1140. The van der Waals surface area contributed by atoms with Crippen LogP contribution in [0.1, 0.15) is 20.7 Å². The molecule has 0 radical (unpaired) electrons. The Morgan fingerprint density at radius 2 is 1.79 bits per heavy atom. The maximum Gasteiger partial charge on any atom is 0.256 e. The van der Waals surface area contributed by atoms with Gasteiger partial charge in [0.2, 0.25) is 0 Å². The highest BCUT2D eigenvalue weighted by molar-refractivity contribution is 7.99. The van der Waals surface area contributed by atoms with Crippen LogP contribution in [0.15, 0.2) is 64.4 Å². The summed E-state index contributed by atoms with van der Waals surface area (Å²) in [6.45, 7) is 0. The van der Waals surface area contributed by atoms with Crippen LogP contribution in [0.4, 0.5) is 20.2 Å². The first-order chi connectivity index (χ1) is 13.4. The molecule has 1 aliphatic heterocycles. The van der Waals surface area contributed by atoms with Crippen molar-refractivity contribution in [1.82, 2.24) is 0 Å². The molecule has 0 bridgehead atoms. The van der Waals surface area contributed by atoms with E-state index in [9.17, 15) is 18.4 Å². The van der Waals surface area contributed by atoms with Gasteiger partial charge in [0.15, 0.2) is 0 Å². The summed E-state index contributed by atoms with van der Waals surface area (Å²) in [5, 5.41) is 5.37. The van der Waals surface area contributed by atoms with Gasteiger partial charge in [-0.05, 0) is 54.6 Å². The van der Waals surface area contributed by atoms with Crippen molar-refractivity contribution < 1.29 is 18.4 Å². The fourth-order valence-electron chi connectivity index (χ4n) is 2.72. The molecule has 0 aliphatic carbocycles. The number of halogens is 3. The molecule has 0 unspecified atom stereocenters. The minimum absolute atomic E-state index is 0.00867. The van der Waals surface area contributed by atoms with E-state index in [0.717, 1.165) is 6.07 Å². The van der Waals surface area contributed by atoms with E-state index in [-0.39, 0.29) is 21.8 Å². The topological polar surface area (TPSA) is 58.2 Å². The van der Waals surface area contributed by atoms with Gasteiger partial charge in [0.25, 0.3) is 11.8 Å². The van der Waals surface area contributed by atoms with Crippen LogP contribution in [0.2, 0.25) is 5.02 Å². The number of hydrogen-bond acceptors (Lipinski definition) is 3. The van der Waals surface area contributed by atoms with E-state index in [4.69, 9.17) is 11.6 Å². The van der Waals surface area contributed by atoms with Crippen LogP contribution in [0.25, 0.3) is 0 Å². The summed E-state index contributed by atoms with van der Waals surface area (Å²) in [6.07, 6.45) is 0. The molecule has 0 aromatic heterocycles. The molecule has 2 N–H and O–H groups in total. The van der Waals surface area contributed by atoms with E-state index in [0.29, 0.717) is 15.5 Å². The monoisotopic (exact) mass is 416 g/mol. The van der Waals surface area contributed by atoms with Gasteiger partial charge >= 0.3 is 0 Å². The van der Waals surface area contributed by atoms with Gasteiger partial charge in [-0.2, -0.15) is 0 Å². The molecule has 0 saturated carbocycles. The number of benzene rings is 3. The molecule has 140 valence electrons. The van der Waals surface area contributed by atoms with Gasteiger partial charge in [-0.25, -0.2) is 8.78 Å². The van der Waals surface area contributed by atoms with Crippen LogP contribution in [-0.4, -0.2) is 11.8 Å². The lowest BCUT2D eigenvalue weighted by Crippen LogP contribution is -2.15. The van der Waals surface area contributed by atoms with Crippen molar-refractivity contribution in [2.75, 3.05) is 10.6 Å². The Morgan fingerprint density at radius 3 is 2.57 bits per heavy atom. The van der Waals surface area contributed by atoms with Crippen molar-refractivity contribution >= 4 is 46.6 Å². The number of amides is 2. The van der Waals surface area contributed by atoms with Gasteiger partial charge in [-0.1, -0.05) is 23.4 Å². The Balaban J connectivity index is 1.63. The Hall–Kier alpha value is -2.90. The van der Waals surface area contributed by atoms with Crippen LogP contribution in [0, 0.1) is 11.6 Å². The van der Waals surface area contributed by atoms with E-state index in [1.165, 1.54) is 48.2 Å². The third-order valence-electron chi connectivity index (χ3n) is 4.08. The molecule has 1 aliphatic rings. The minimum Gasteiger partial charge on any atom is -0.321 e. The number of carbonyl (C=O) groups excluding carboxylic acids is 2. The SMILES string of the molecule is O=C(Nc1ccc(Cl)cc1F)c1ccc2c(c1)NC(=O)c1cc(F)ccc1S2. The molecule has 0 fully saturated rings. The first kappa shape index (κ1) is 18.5. The van der Waals surface area contributed by atoms with Gasteiger partial charge in [0.1, 0.15) is 11.6 Å². The Kier molecular flexibility index (Phi) is 4.78. The van der Waals surface area contributed by atoms with Crippen LogP contribution in [0.5, 0.6) is 0 Å². The van der Waals surface area contributed by atoms with Crippen LogP contribution in [-0.2, 0) is 0 Å². The molecule has 2 amide bonds. The molecule has 8 heteroatoms. The molecule has 0 atom stereocenters. The minimum atomic E-state index is -0.656. The van der Waals surface area contributed by atoms with E-state index < -0.39 is 23.4 Å². The zero-order valence-corrected chi connectivity index (χ0v) is 15.6. The molecule has 3 aromatic rings. The third-order valence-corrected chi connectivity index (χ3v) is 5.46. The van der Waals surface area contributed by atoms with Crippen molar-refractivity contribution in [2.24, 2.45) is 0 Å². The fourth-order valence-corrected chi connectivity index (χ4v) is 3.87. The van der Waals surface area contributed by atoms with Gasteiger partial charge in [-0.15, -0.1) is 0 Å².